The summed E-state index contributed by atoms with van der Waals surface area (Å²) in [7, 11) is 0. The molecule has 2 rings (SSSR count). The van der Waals surface area contributed by atoms with Crippen LogP contribution in [0.25, 0.3) is 0 Å². The fourth-order valence-corrected chi connectivity index (χ4v) is 2.50. The zero-order valence-electron chi connectivity index (χ0n) is 13.2. The van der Waals surface area contributed by atoms with E-state index in [-0.39, 0.29) is 24.0 Å². The van der Waals surface area contributed by atoms with Gasteiger partial charge in [0, 0.05) is 18.7 Å². The van der Waals surface area contributed by atoms with E-state index in [1.807, 2.05) is 38.1 Å². The molecule has 2 amide bonds. The topological polar surface area (TPSA) is 67.4 Å². The number of carbonyl (C=O) groups is 2. The number of anilines is 1. The summed E-state index contributed by atoms with van der Waals surface area (Å²) in [5.74, 6) is 0.00780. The summed E-state index contributed by atoms with van der Waals surface area (Å²) in [5, 5.41) is 5.79. The van der Waals surface area contributed by atoms with Crippen molar-refractivity contribution in [3.8, 4) is 0 Å². The Morgan fingerprint density at radius 3 is 2.59 bits per heavy atom. The van der Waals surface area contributed by atoms with E-state index in [1.54, 1.807) is 0 Å². The van der Waals surface area contributed by atoms with E-state index >= 15 is 0 Å². The van der Waals surface area contributed by atoms with Gasteiger partial charge in [-0.05, 0) is 37.5 Å². The van der Waals surface area contributed by atoms with E-state index in [0.29, 0.717) is 12.8 Å². The van der Waals surface area contributed by atoms with E-state index in [4.69, 9.17) is 4.74 Å². The lowest BCUT2D eigenvalue weighted by Crippen LogP contribution is -2.29. The normalized spacial score (nSPS) is 18.7. The first-order chi connectivity index (χ1) is 10.6. The van der Waals surface area contributed by atoms with Gasteiger partial charge in [-0.15, -0.1) is 0 Å². The highest BCUT2D eigenvalue weighted by atomic mass is 16.5. The number of ether oxygens (including phenoxy) is 1. The first-order valence-electron chi connectivity index (χ1n) is 7.89. The summed E-state index contributed by atoms with van der Waals surface area (Å²) in [6.07, 6.45) is 2.96. The van der Waals surface area contributed by atoms with Gasteiger partial charge in [0.25, 0.3) is 0 Å². The monoisotopic (exact) mass is 304 g/mol. The maximum Gasteiger partial charge on any atom is 0.224 e. The fourth-order valence-electron chi connectivity index (χ4n) is 2.50. The molecule has 0 bridgehead atoms. The minimum atomic E-state index is -0.0650. The summed E-state index contributed by atoms with van der Waals surface area (Å²) in [5.41, 5.74) is 1.78. The van der Waals surface area contributed by atoms with Gasteiger partial charge in [-0.1, -0.05) is 19.1 Å². The second-order valence-corrected chi connectivity index (χ2v) is 5.65. The van der Waals surface area contributed by atoms with Crippen LogP contribution < -0.4 is 10.6 Å². The van der Waals surface area contributed by atoms with Crippen molar-refractivity contribution >= 4 is 17.5 Å². The minimum absolute atomic E-state index is 0.00864. The molecular weight excluding hydrogens is 280 g/mol. The van der Waals surface area contributed by atoms with Gasteiger partial charge in [-0.2, -0.15) is 0 Å². The molecular formula is C17H24N2O3. The van der Waals surface area contributed by atoms with Crippen molar-refractivity contribution < 1.29 is 14.3 Å². The van der Waals surface area contributed by atoms with Crippen molar-refractivity contribution in [3.63, 3.8) is 0 Å². The van der Waals surface area contributed by atoms with Gasteiger partial charge in [-0.3, -0.25) is 9.59 Å². The lowest BCUT2D eigenvalue weighted by molar-refractivity contribution is -0.124. The quantitative estimate of drug-likeness (QED) is 0.849. The van der Waals surface area contributed by atoms with Crippen molar-refractivity contribution in [3.05, 3.63) is 29.8 Å². The SMILES string of the molecule is CCC(=O)Nc1ccc([C@H](C)NC(=O)C[C@H]2CCCO2)cc1. The molecule has 120 valence electrons. The highest BCUT2D eigenvalue weighted by molar-refractivity contribution is 5.90. The molecule has 1 aromatic rings. The molecule has 1 aliphatic heterocycles. The number of amides is 2. The Kier molecular flexibility index (Phi) is 5.95. The third kappa shape index (κ3) is 4.84. The Morgan fingerprint density at radius 1 is 1.27 bits per heavy atom. The lowest BCUT2D eigenvalue weighted by Gasteiger charge is -2.16. The van der Waals surface area contributed by atoms with Crippen LogP contribution in [0.4, 0.5) is 5.69 Å². The van der Waals surface area contributed by atoms with Crippen LogP contribution in [-0.4, -0.2) is 24.5 Å². The third-order valence-corrected chi connectivity index (χ3v) is 3.83. The van der Waals surface area contributed by atoms with E-state index in [0.717, 1.165) is 30.7 Å². The van der Waals surface area contributed by atoms with Crippen molar-refractivity contribution in [2.75, 3.05) is 11.9 Å². The molecule has 1 fully saturated rings. The van der Waals surface area contributed by atoms with Crippen LogP contribution in [0.15, 0.2) is 24.3 Å². The number of carbonyl (C=O) groups excluding carboxylic acids is 2. The Morgan fingerprint density at radius 2 is 2.00 bits per heavy atom. The molecule has 1 aliphatic rings. The van der Waals surface area contributed by atoms with Crippen molar-refractivity contribution in [2.24, 2.45) is 0 Å². The van der Waals surface area contributed by atoms with Gasteiger partial charge in [0.1, 0.15) is 0 Å². The molecule has 2 atom stereocenters. The molecule has 0 spiro atoms. The molecule has 0 aromatic heterocycles. The first kappa shape index (κ1) is 16.5. The summed E-state index contributed by atoms with van der Waals surface area (Å²) in [4.78, 5) is 23.3. The first-order valence-corrected chi connectivity index (χ1v) is 7.89. The number of hydrogen-bond acceptors (Lipinski definition) is 3. The molecule has 22 heavy (non-hydrogen) atoms. The Labute approximate surface area is 131 Å². The van der Waals surface area contributed by atoms with Crippen LogP contribution in [0.1, 0.15) is 51.1 Å². The van der Waals surface area contributed by atoms with Gasteiger partial charge >= 0.3 is 0 Å². The lowest BCUT2D eigenvalue weighted by atomic mass is 10.1. The number of benzene rings is 1. The maximum atomic E-state index is 12.0. The van der Waals surface area contributed by atoms with E-state index in [1.165, 1.54) is 0 Å². The van der Waals surface area contributed by atoms with Crippen molar-refractivity contribution in [1.82, 2.24) is 5.32 Å². The number of hydrogen-bond donors (Lipinski definition) is 2. The summed E-state index contributed by atoms with van der Waals surface area (Å²) >= 11 is 0. The predicted octanol–water partition coefficient (Wildman–Crippen LogP) is 2.78. The standard InChI is InChI=1S/C17H24N2O3/c1-3-16(20)19-14-8-6-13(7-9-14)12(2)18-17(21)11-15-5-4-10-22-15/h6-9,12,15H,3-5,10-11H2,1-2H3,(H,18,21)(H,19,20)/t12-,15+/m0/s1. The molecule has 0 unspecified atom stereocenters. The van der Waals surface area contributed by atoms with Crippen LogP contribution in [0.2, 0.25) is 0 Å². The average Bonchev–Trinajstić information content (AvgIpc) is 3.00. The van der Waals surface area contributed by atoms with Crippen LogP contribution in [-0.2, 0) is 14.3 Å². The van der Waals surface area contributed by atoms with E-state index < -0.39 is 0 Å². The fraction of sp³-hybridized carbons (Fsp3) is 0.529. The largest absolute Gasteiger partial charge is 0.378 e. The van der Waals surface area contributed by atoms with Gasteiger partial charge in [-0.25, -0.2) is 0 Å². The molecule has 1 heterocycles. The van der Waals surface area contributed by atoms with E-state index in [9.17, 15) is 9.59 Å². The Bertz CT molecular complexity index is 507. The molecule has 0 aliphatic carbocycles. The predicted molar refractivity (Wildman–Crippen MR) is 85.5 cm³/mol. The van der Waals surface area contributed by atoms with Gasteiger partial charge in [0.05, 0.1) is 18.6 Å². The van der Waals surface area contributed by atoms with Crippen molar-refractivity contribution in [2.45, 2.75) is 51.7 Å². The van der Waals surface area contributed by atoms with Crippen LogP contribution in [0.5, 0.6) is 0 Å². The summed E-state index contributed by atoms with van der Waals surface area (Å²) in [6, 6.07) is 7.48. The van der Waals surface area contributed by atoms with Gasteiger partial charge in [0.2, 0.25) is 11.8 Å². The van der Waals surface area contributed by atoms with Crippen LogP contribution in [0, 0.1) is 0 Å². The second kappa shape index (κ2) is 7.94. The highest BCUT2D eigenvalue weighted by Crippen LogP contribution is 2.18. The molecule has 5 nitrogen and oxygen atoms in total. The molecule has 5 heteroatoms. The Hall–Kier alpha value is -1.88. The van der Waals surface area contributed by atoms with Crippen molar-refractivity contribution in [1.29, 1.82) is 0 Å². The zero-order valence-corrected chi connectivity index (χ0v) is 13.2. The molecule has 0 saturated carbocycles. The smallest absolute Gasteiger partial charge is 0.224 e. The third-order valence-electron chi connectivity index (χ3n) is 3.83. The van der Waals surface area contributed by atoms with Crippen LogP contribution >= 0.6 is 0 Å². The second-order valence-electron chi connectivity index (χ2n) is 5.65. The van der Waals surface area contributed by atoms with Crippen LogP contribution in [0.3, 0.4) is 0 Å². The van der Waals surface area contributed by atoms with E-state index in [2.05, 4.69) is 10.6 Å². The zero-order chi connectivity index (χ0) is 15.9. The van der Waals surface area contributed by atoms with Gasteiger partial charge < -0.3 is 15.4 Å². The number of rotatable bonds is 6. The molecule has 0 radical (unpaired) electrons. The Balaban J connectivity index is 1.84. The molecule has 1 saturated heterocycles. The highest BCUT2D eigenvalue weighted by Gasteiger charge is 2.20. The molecule has 1 aromatic carbocycles. The minimum Gasteiger partial charge on any atom is -0.378 e. The maximum absolute atomic E-state index is 12.0. The average molecular weight is 304 g/mol. The van der Waals surface area contributed by atoms with Gasteiger partial charge in [0.15, 0.2) is 0 Å². The summed E-state index contributed by atoms with van der Waals surface area (Å²) in [6.45, 7) is 4.53. The summed E-state index contributed by atoms with van der Waals surface area (Å²) < 4.78 is 5.47. The number of nitrogens with one attached hydrogen (secondary N) is 2. The molecule has 2 N–H and O–H groups in total.